The lowest BCUT2D eigenvalue weighted by Gasteiger charge is -2.30. The van der Waals surface area contributed by atoms with Gasteiger partial charge in [-0.05, 0) is 31.2 Å². The molecule has 3 N–H and O–H groups in total. The van der Waals surface area contributed by atoms with Crippen molar-refractivity contribution < 1.29 is 4.79 Å². The van der Waals surface area contributed by atoms with Crippen LogP contribution in [0.25, 0.3) is 0 Å². The molecule has 0 bridgehead atoms. The van der Waals surface area contributed by atoms with Crippen LogP contribution in [0.5, 0.6) is 0 Å². The van der Waals surface area contributed by atoms with Crippen molar-refractivity contribution in [3.8, 4) is 0 Å². The highest BCUT2D eigenvalue weighted by Crippen LogP contribution is 2.23. The Morgan fingerprint density at radius 1 is 1.42 bits per heavy atom. The summed E-state index contributed by atoms with van der Waals surface area (Å²) in [6.45, 7) is 7.44. The molecule has 1 rings (SSSR count). The maximum Gasteiger partial charge on any atom is 0.254 e. The molecule has 0 saturated heterocycles. The van der Waals surface area contributed by atoms with E-state index >= 15 is 0 Å². The van der Waals surface area contributed by atoms with Crippen LogP contribution in [0.4, 0.5) is 0 Å². The van der Waals surface area contributed by atoms with E-state index in [2.05, 4.69) is 24.3 Å². The van der Waals surface area contributed by atoms with Gasteiger partial charge < -0.3 is 11.1 Å². The van der Waals surface area contributed by atoms with Crippen LogP contribution in [0.1, 0.15) is 49.7 Å². The summed E-state index contributed by atoms with van der Waals surface area (Å²) in [4.78, 5) is 12.2. The highest BCUT2D eigenvalue weighted by molar-refractivity contribution is 5.95. The van der Waals surface area contributed by atoms with Crippen molar-refractivity contribution in [3.63, 3.8) is 0 Å². The molecule has 5 nitrogen and oxygen atoms in total. The SMILES string of the molecule is CCc1nn(C)cc1C(=O)NCC(CC)(CC)CN. The molecule has 0 radical (unpaired) electrons. The number of hydrogen-bond donors (Lipinski definition) is 2. The molecule has 1 aromatic rings. The number of aromatic nitrogens is 2. The predicted molar refractivity (Wildman–Crippen MR) is 77.0 cm³/mol. The summed E-state index contributed by atoms with van der Waals surface area (Å²) in [7, 11) is 1.83. The van der Waals surface area contributed by atoms with Crippen molar-refractivity contribution in [2.24, 2.45) is 18.2 Å². The molecular formula is C14H26N4O. The Kier molecular flexibility index (Phi) is 5.54. The Labute approximate surface area is 115 Å². The largest absolute Gasteiger partial charge is 0.351 e. The molecule has 5 heteroatoms. The first kappa shape index (κ1) is 15.7. The van der Waals surface area contributed by atoms with E-state index in [1.165, 1.54) is 0 Å². The molecule has 1 aromatic heterocycles. The zero-order valence-electron chi connectivity index (χ0n) is 12.5. The molecule has 1 heterocycles. The standard InChI is InChI=1S/C14H26N4O/c1-5-12-11(8-18(4)17-12)13(19)16-10-14(6-2,7-3)9-15/h8H,5-7,9-10,15H2,1-4H3,(H,16,19). The molecule has 19 heavy (non-hydrogen) atoms. The molecule has 0 aliphatic heterocycles. The van der Waals surface area contributed by atoms with E-state index in [4.69, 9.17) is 5.73 Å². The van der Waals surface area contributed by atoms with Crippen LogP contribution in [-0.2, 0) is 13.5 Å². The zero-order valence-corrected chi connectivity index (χ0v) is 12.5. The second-order valence-electron chi connectivity index (χ2n) is 5.11. The van der Waals surface area contributed by atoms with Crippen molar-refractivity contribution in [1.82, 2.24) is 15.1 Å². The van der Waals surface area contributed by atoms with Crippen LogP contribution in [0.3, 0.4) is 0 Å². The van der Waals surface area contributed by atoms with Gasteiger partial charge in [-0.3, -0.25) is 9.48 Å². The lowest BCUT2D eigenvalue weighted by molar-refractivity contribution is 0.0927. The number of nitrogens with one attached hydrogen (secondary N) is 1. The van der Waals surface area contributed by atoms with E-state index < -0.39 is 0 Å². The molecule has 0 spiro atoms. The van der Waals surface area contributed by atoms with Crippen LogP contribution in [0, 0.1) is 5.41 Å². The molecule has 1 amide bonds. The van der Waals surface area contributed by atoms with E-state index in [0.29, 0.717) is 18.7 Å². The minimum absolute atomic E-state index is 0.00421. The summed E-state index contributed by atoms with van der Waals surface area (Å²) in [6.07, 6.45) is 4.46. The third kappa shape index (κ3) is 3.56. The number of carbonyl (C=O) groups excluding carboxylic acids is 1. The maximum atomic E-state index is 12.2. The lowest BCUT2D eigenvalue weighted by atomic mass is 9.82. The minimum Gasteiger partial charge on any atom is -0.351 e. The van der Waals surface area contributed by atoms with Gasteiger partial charge in [0.05, 0.1) is 11.3 Å². The molecule has 0 unspecified atom stereocenters. The number of nitrogens with zero attached hydrogens (tertiary/aromatic N) is 2. The monoisotopic (exact) mass is 266 g/mol. The Morgan fingerprint density at radius 2 is 2.05 bits per heavy atom. The molecule has 0 aliphatic rings. The first-order valence-electron chi connectivity index (χ1n) is 7.02. The highest BCUT2D eigenvalue weighted by atomic mass is 16.1. The summed E-state index contributed by atoms with van der Waals surface area (Å²) in [5.74, 6) is -0.0512. The van der Waals surface area contributed by atoms with E-state index in [1.807, 2.05) is 14.0 Å². The Hall–Kier alpha value is -1.36. The van der Waals surface area contributed by atoms with Gasteiger partial charge in [0.25, 0.3) is 5.91 Å². The quantitative estimate of drug-likeness (QED) is 0.785. The van der Waals surface area contributed by atoms with Crippen molar-refractivity contribution in [2.45, 2.75) is 40.0 Å². The van der Waals surface area contributed by atoms with Crippen molar-refractivity contribution >= 4 is 5.91 Å². The second-order valence-corrected chi connectivity index (χ2v) is 5.11. The average Bonchev–Trinajstić information content (AvgIpc) is 2.82. The maximum absolute atomic E-state index is 12.2. The highest BCUT2D eigenvalue weighted by Gasteiger charge is 2.25. The number of carbonyl (C=O) groups is 1. The van der Waals surface area contributed by atoms with Gasteiger partial charge in [0, 0.05) is 19.8 Å². The van der Waals surface area contributed by atoms with Crippen molar-refractivity contribution in [3.05, 3.63) is 17.5 Å². The summed E-state index contributed by atoms with van der Waals surface area (Å²) in [5.41, 5.74) is 7.36. The van der Waals surface area contributed by atoms with Crippen LogP contribution < -0.4 is 11.1 Å². The van der Waals surface area contributed by atoms with Gasteiger partial charge in [-0.15, -0.1) is 0 Å². The molecule has 0 atom stereocenters. The summed E-state index contributed by atoms with van der Waals surface area (Å²) in [5, 5.41) is 7.29. The van der Waals surface area contributed by atoms with Gasteiger partial charge in [0.2, 0.25) is 0 Å². The van der Waals surface area contributed by atoms with Crippen LogP contribution in [0.15, 0.2) is 6.20 Å². The number of aryl methyl sites for hydroxylation is 2. The average molecular weight is 266 g/mol. The van der Waals surface area contributed by atoms with Gasteiger partial charge in [-0.25, -0.2) is 0 Å². The van der Waals surface area contributed by atoms with Gasteiger partial charge in [-0.2, -0.15) is 5.10 Å². The third-order valence-electron chi connectivity index (χ3n) is 4.04. The van der Waals surface area contributed by atoms with Crippen molar-refractivity contribution in [1.29, 1.82) is 0 Å². The van der Waals surface area contributed by atoms with Gasteiger partial charge in [0.1, 0.15) is 0 Å². The molecule has 0 aromatic carbocycles. The fraction of sp³-hybridized carbons (Fsp3) is 0.714. The fourth-order valence-corrected chi connectivity index (χ4v) is 2.21. The summed E-state index contributed by atoms with van der Waals surface area (Å²) >= 11 is 0. The second kappa shape index (κ2) is 6.70. The van der Waals surface area contributed by atoms with Crippen molar-refractivity contribution in [2.75, 3.05) is 13.1 Å². The third-order valence-corrected chi connectivity index (χ3v) is 4.04. The van der Waals surface area contributed by atoms with E-state index in [0.717, 1.165) is 25.0 Å². The lowest BCUT2D eigenvalue weighted by Crippen LogP contribution is -2.41. The first-order chi connectivity index (χ1) is 9.01. The smallest absolute Gasteiger partial charge is 0.254 e. The molecule has 0 aliphatic carbocycles. The molecular weight excluding hydrogens is 240 g/mol. The Balaban J connectivity index is 2.74. The van der Waals surface area contributed by atoms with Crippen LogP contribution in [0.2, 0.25) is 0 Å². The number of rotatable bonds is 7. The summed E-state index contributed by atoms with van der Waals surface area (Å²) in [6, 6.07) is 0. The number of amides is 1. The van der Waals surface area contributed by atoms with Crippen LogP contribution in [-0.4, -0.2) is 28.8 Å². The predicted octanol–water partition coefficient (Wildman–Crippen LogP) is 1.48. The normalized spacial score (nSPS) is 11.6. The molecule has 0 saturated carbocycles. The zero-order chi connectivity index (χ0) is 14.5. The van der Waals surface area contributed by atoms with E-state index in [1.54, 1.807) is 10.9 Å². The topological polar surface area (TPSA) is 72.9 Å². The van der Waals surface area contributed by atoms with Gasteiger partial charge in [-0.1, -0.05) is 20.8 Å². The first-order valence-corrected chi connectivity index (χ1v) is 7.02. The molecule has 108 valence electrons. The number of nitrogens with two attached hydrogens (primary N) is 1. The Morgan fingerprint density at radius 3 is 2.53 bits per heavy atom. The van der Waals surface area contributed by atoms with E-state index in [9.17, 15) is 4.79 Å². The molecule has 0 fully saturated rings. The van der Waals surface area contributed by atoms with Gasteiger partial charge in [0.15, 0.2) is 0 Å². The fourth-order valence-electron chi connectivity index (χ4n) is 2.21. The number of hydrogen-bond acceptors (Lipinski definition) is 3. The Bertz CT molecular complexity index is 413. The minimum atomic E-state index is -0.0512. The van der Waals surface area contributed by atoms with Gasteiger partial charge >= 0.3 is 0 Å². The summed E-state index contributed by atoms with van der Waals surface area (Å²) < 4.78 is 1.68. The van der Waals surface area contributed by atoms with Crippen LogP contribution >= 0.6 is 0 Å². The van der Waals surface area contributed by atoms with E-state index in [-0.39, 0.29) is 11.3 Å².